The number of benzene rings is 2. The van der Waals surface area contributed by atoms with Gasteiger partial charge in [0.05, 0.1) is 14.3 Å². The van der Waals surface area contributed by atoms with Crippen molar-refractivity contribution in [2.45, 2.75) is 5.38 Å². The summed E-state index contributed by atoms with van der Waals surface area (Å²) in [6, 6.07) is 6.24. The summed E-state index contributed by atoms with van der Waals surface area (Å²) in [6.45, 7) is 0. The Morgan fingerprint density at radius 3 is 2.26 bits per heavy atom. The van der Waals surface area contributed by atoms with Crippen molar-refractivity contribution in [1.82, 2.24) is 0 Å². The number of hydrogen-bond acceptors (Lipinski definition) is 0. The smallest absolute Gasteiger partial charge is 0.137 e. The molecule has 0 aliphatic heterocycles. The Balaban J connectivity index is 2.53. The fourth-order valence-electron chi connectivity index (χ4n) is 1.62. The van der Waals surface area contributed by atoms with Crippen LogP contribution < -0.4 is 0 Å². The number of rotatable bonds is 2. The van der Waals surface area contributed by atoms with Crippen LogP contribution in [0.3, 0.4) is 0 Å². The van der Waals surface area contributed by atoms with E-state index < -0.39 is 22.8 Å². The minimum absolute atomic E-state index is 0.0101. The van der Waals surface area contributed by atoms with Gasteiger partial charge >= 0.3 is 0 Å². The fourth-order valence-corrected chi connectivity index (χ4v) is 2.91. The zero-order chi connectivity index (χ0) is 14.2. The van der Waals surface area contributed by atoms with Crippen LogP contribution in [0.1, 0.15) is 16.5 Å². The van der Waals surface area contributed by atoms with Gasteiger partial charge in [-0.25, -0.2) is 13.2 Å². The lowest BCUT2D eigenvalue weighted by atomic mass is 10.0. The predicted octanol–water partition coefficient (Wildman–Crippen LogP) is 5.96. The van der Waals surface area contributed by atoms with Gasteiger partial charge in [-0.15, -0.1) is 11.6 Å². The van der Waals surface area contributed by atoms with Crippen molar-refractivity contribution in [2.24, 2.45) is 0 Å². The molecule has 0 saturated heterocycles. The summed E-state index contributed by atoms with van der Waals surface area (Å²) in [4.78, 5) is 0. The van der Waals surface area contributed by atoms with Crippen molar-refractivity contribution in [3.8, 4) is 0 Å². The highest BCUT2D eigenvalue weighted by Crippen LogP contribution is 2.37. The highest BCUT2D eigenvalue weighted by Gasteiger charge is 2.21. The maximum absolute atomic E-state index is 13.8. The monoisotopic (exact) mass is 412 g/mol. The molecule has 2 rings (SSSR count). The van der Waals surface area contributed by atoms with Gasteiger partial charge in [-0.3, -0.25) is 0 Å². The average Bonchev–Trinajstić information content (AvgIpc) is 2.36. The number of halogens is 6. The Morgan fingerprint density at radius 2 is 1.58 bits per heavy atom. The standard InChI is InChI=1S/C13H6Br2ClF3/c14-8-5-10(18)7(4-11(8)19)13(16)6-2-1-3-9(17)12(6)15/h1-5,13H. The van der Waals surface area contributed by atoms with Crippen molar-refractivity contribution in [3.05, 3.63) is 67.9 Å². The van der Waals surface area contributed by atoms with E-state index in [1.807, 2.05) is 0 Å². The second kappa shape index (κ2) is 5.85. The molecule has 0 bridgehead atoms. The van der Waals surface area contributed by atoms with Gasteiger partial charge in [0.1, 0.15) is 17.5 Å². The van der Waals surface area contributed by atoms with Gasteiger partial charge in [-0.2, -0.15) is 0 Å². The van der Waals surface area contributed by atoms with Gasteiger partial charge in [0.15, 0.2) is 0 Å². The molecule has 1 atom stereocenters. The summed E-state index contributed by atoms with van der Waals surface area (Å²) in [5.41, 5.74) is 0.288. The summed E-state index contributed by atoms with van der Waals surface area (Å²) < 4.78 is 40.8. The third-order valence-corrected chi connectivity index (χ3v) is 4.48. The van der Waals surface area contributed by atoms with E-state index in [0.29, 0.717) is 5.56 Å². The predicted molar refractivity (Wildman–Crippen MR) is 75.9 cm³/mol. The van der Waals surface area contributed by atoms with Crippen molar-refractivity contribution in [2.75, 3.05) is 0 Å². The van der Waals surface area contributed by atoms with Crippen LogP contribution in [-0.2, 0) is 0 Å². The zero-order valence-corrected chi connectivity index (χ0v) is 13.2. The van der Waals surface area contributed by atoms with Gasteiger partial charge in [0, 0.05) is 5.56 Å². The SMILES string of the molecule is Fc1cc(C(Cl)c2cccc(F)c2Br)c(F)cc1Br. The lowest BCUT2D eigenvalue weighted by molar-refractivity contribution is 0.581. The van der Waals surface area contributed by atoms with E-state index in [9.17, 15) is 13.2 Å². The summed E-state index contributed by atoms with van der Waals surface area (Å²) >= 11 is 12.1. The molecule has 100 valence electrons. The Labute approximate surface area is 129 Å². The van der Waals surface area contributed by atoms with Crippen LogP contribution in [0.4, 0.5) is 13.2 Å². The van der Waals surface area contributed by atoms with Gasteiger partial charge < -0.3 is 0 Å². The highest BCUT2D eigenvalue weighted by molar-refractivity contribution is 9.10. The molecule has 0 aromatic heterocycles. The first-order valence-corrected chi connectivity index (χ1v) is 7.16. The maximum atomic E-state index is 13.8. The molecule has 0 aliphatic rings. The van der Waals surface area contributed by atoms with E-state index in [-0.39, 0.29) is 14.5 Å². The van der Waals surface area contributed by atoms with Crippen LogP contribution in [-0.4, -0.2) is 0 Å². The average molecular weight is 414 g/mol. The maximum Gasteiger partial charge on any atom is 0.137 e. The summed E-state index contributed by atoms with van der Waals surface area (Å²) in [5.74, 6) is -1.81. The van der Waals surface area contributed by atoms with E-state index in [1.54, 1.807) is 6.07 Å². The highest BCUT2D eigenvalue weighted by atomic mass is 79.9. The van der Waals surface area contributed by atoms with E-state index >= 15 is 0 Å². The molecule has 0 nitrogen and oxygen atoms in total. The summed E-state index contributed by atoms with van der Waals surface area (Å²) in [5, 5.41) is -0.993. The van der Waals surface area contributed by atoms with Gasteiger partial charge in [-0.1, -0.05) is 12.1 Å². The molecule has 6 heteroatoms. The quantitative estimate of drug-likeness (QED) is 0.420. The van der Waals surface area contributed by atoms with Crippen LogP contribution in [0.25, 0.3) is 0 Å². The molecule has 19 heavy (non-hydrogen) atoms. The second-order valence-corrected chi connectivity index (χ2v) is 5.88. The summed E-state index contributed by atoms with van der Waals surface area (Å²) in [7, 11) is 0. The molecule has 0 fully saturated rings. The Bertz CT molecular complexity index is 632. The third kappa shape index (κ3) is 2.98. The molecular weight excluding hydrogens is 408 g/mol. The lowest BCUT2D eigenvalue weighted by Crippen LogP contribution is -2.00. The molecule has 1 unspecified atom stereocenters. The molecule has 0 heterocycles. The third-order valence-electron chi connectivity index (χ3n) is 2.57. The number of alkyl halides is 1. The second-order valence-electron chi connectivity index (χ2n) is 3.79. The molecule has 0 N–H and O–H groups in total. The zero-order valence-electron chi connectivity index (χ0n) is 9.23. The van der Waals surface area contributed by atoms with Gasteiger partial charge in [0.2, 0.25) is 0 Å². The molecule has 2 aromatic carbocycles. The van der Waals surface area contributed by atoms with E-state index in [4.69, 9.17) is 11.6 Å². The first-order chi connectivity index (χ1) is 8.91. The first-order valence-electron chi connectivity index (χ1n) is 5.14. The van der Waals surface area contributed by atoms with Crippen LogP contribution in [0.5, 0.6) is 0 Å². The molecule has 0 spiro atoms. The van der Waals surface area contributed by atoms with E-state index in [0.717, 1.165) is 12.1 Å². The fraction of sp³-hybridized carbons (Fsp3) is 0.0769. The van der Waals surface area contributed by atoms with E-state index in [1.165, 1.54) is 12.1 Å². The largest absolute Gasteiger partial charge is 0.207 e. The first kappa shape index (κ1) is 14.9. The Kier molecular flexibility index (Phi) is 4.58. The molecule has 0 radical (unpaired) electrons. The van der Waals surface area contributed by atoms with Crippen LogP contribution in [0.15, 0.2) is 39.3 Å². The van der Waals surface area contributed by atoms with Crippen molar-refractivity contribution >= 4 is 43.5 Å². The molecule has 2 aromatic rings. The minimum atomic E-state index is -0.993. The molecular formula is C13H6Br2ClF3. The molecule has 0 saturated carbocycles. The van der Waals surface area contributed by atoms with Crippen molar-refractivity contribution in [1.29, 1.82) is 0 Å². The summed E-state index contributed by atoms with van der Waals surface area (Å²) in [6.07, 6.45) is 0. The van der Waals surface area contributed by atoms with Crippen LogP contribution in [0, 0.1) is 17.5 Å². The Hall–Kier alpha value is -0.520. The topological polar surface area (TPSA) is 0 Å². The lowest BCUT2D eigenvalue weighted by Gasteiger charge is -2.14. The van der Waals surface area contributed by atoms with Crippen LogP contribution >= 0.6 is 43.5 Å². The Morgan fingerprint density at radius 1 is 0.895 bits per heavy atom. The normalized spacial score (nSPS) is 12.5. The van der Waals surface area contributed by atoms with Gasteiger partial charge in [0.25, 0.3) is 0 Å². The minimum Gasteiger partial charge on any atom is -0.207 e. The van der Waals surface area contributed by atoms with Crippen molar-refractivity contribution < 1.29 is 13.2 Å². The van der Waals surface area contributed by atoms with Crippen molar-refractivity contribution in [3.63, 3.8) is 0 Å². The van der Waals surface area contributed by atoms with E-state index in [2.05, 4.69) is 31.9 Å². The van der Waals surface area contributed by atoms with Crippen LogP contribution in [0.2, 0.25) is 0 Å². The van der Waals surface area contributed by atoms with Gasteiger partial charge in [-0.05, 0) is 55.6 Å². The molecule has 0 aliphatic carbocycles. The number of hydrogen-bond donors (Lipinski definition) is 0. The molecule has 0 amide bonds.